The van der Waals surface area contributed by atoms with Crippen molar-refractivity contribution in [1.29, 1.82) is 0 Å². The van der Waals surface area contributed by atoms with Gasteiger partial charge < -0.3 is 5.73 Å². The number of halogens is 1. The van der Waals surface area contributed by atoms with Crippen molar-refractivity contribution in [3.8, 4) is 5.69 Å². The number of nitrogens with zero attached hydrogens (tertiary/aromatic N) is 3. The summed E-state index contributed by atoms with van der Waals surface area (Å²) in [5.41, 5.74) is 6.37. The maximum atomic E-state index is 13.2. The van der Waals surface area contributed by atoms with Gasteiger partial charge in [-0.05, 0) is 18.2 Å². The van der Waals surface area contributed by atoms with Gasteiger partial charge in [0.15, 0.2) is 0 Å². The molecule has 0 radical (unpaired) electrons. The lowest BCUT2D eigenvalue weighted by Gasteiger charge is -2.03. The number of nitrogen functional groups attached to an aromatic ring is 1. The van der Waals surface area contributed by atoms with Gasteiger partial charge in [-0.15, -0.1) is 10.2 Å². The molecule has 0 atom stereocenters. The minimum atomic E-state index is -0.353. The third-order valence-corrected chi connectivity index (χ3v) is 1.67. The molecule has 1 heterocycles. The molecule has 0 fully saturated rings. The van der Waals surface area contributed by atoms with Gasteiger partial charge in [0.05, 0.1) is 5.69 Å². The molecule has 0 aliphatic rings. The van der Waals surface area contributed by atoms with Crippen molar-refractivity contribution in [2.75, 3.05) is 5.73 Å². The summed E-state index contributed by atoms with van der Waals surface area (Å²) in [7, 11) is 0. The zero-order valence-corrected chi connectivity index (χ0v) is 6.68. The Morgan fingerprint density at radius 1 is 1.23 bits per heavy atom. The van der Waals surface area contributed by atoms with E-state index in [1.807, 2.05) is 0 Å². The maximum Gasteiger partial charge on any atom is 0.147 e. The molecule has 1 aromatic heterocycles. The molecule has 0 saturated heterocycles. The fourth-order valence-electron chi connectivity index (χ4n) is 1.05. The first-order valence-corrected chi connectivity index (χ1v) is 3.67. The van der Waals surface area contributed by atoms with Gasteiger partial charge >= 0.3 is 0 Å². The van der Waals surface area contributed by atoms with Gasteiger partial charge in [0.2, 0.25) is 0 Å². The van der Waals surface area contributed by atoms with Crippen LogP contribution in [0.3, 0.4) is 0 Å². The quantitative estimate of drug-likeness (QED) is 0.662. The Kier molecular flexibility index (Phi) is 1.70. The monoisotopic (exact) mass is 178 g/mol. The van der Waals surface area contributed by atoms with Crippen molar-refractivity contribution in [2.24, 2.45) is 0 Å². The molecule has 0 unspecified atom stereocenters. The SMILES string of the molecule is Nc1ccc(F)c(-n2cnnc2)c1. The van der Waals surface area contributed by atoms with E-state index >= 15 is 0 Å². The van der Waals surface area contributed by atoms with Crippen LogP contribution in [-0.2, 0) is 0 Å². The van der Waals surface area contributed by atoms with Crippen LogP contribution in [0.5, 0.6) is 0 Å². The van der Waals surface area contributed by atoms with Crippen molar-refractivity contribution in [3.05, 3.63) is 36.7 Å². The predicted molar refractivity (Wildman–Crippen MR) is 45.7 cm³/mol. The van der Waals surface area contributed by atoms with Crippen molar-refractivity contribution < 1.29 is 4.39 Å². The summed E-state index contributed by atoms with van der Waals surface area (Å²) >= 11 is 0. The molecule has 0 saturated carbocycles. The van der Waals surface area contributed by atoms with E-state index in [2.05, 4.69) is 10.2 Å². The van der Waals surface area contributed by atoms with E-state index in [0.717, 1.165) is 0 Å². The first-order chi connectivity index (χ1) is 6.27. The van der Waals surface area contributed by atoms with Crippen molar-refractivity contribution in [1.82, 2.24) is 14.8 Å². The third kappa shape index (κ3) is 1.35. The fourth-order valence-corrected chi connectivity index (χ4v) is 1.05. The lowest BCUT2D eigenvalue weighted by atomic mass is 10.2. The zero-order chi connectivity index (χ0) is 9.26. The average Bonchev–Trinajstić information content (AvgIpc) is 2.61. The zero-order valence-electron chi connectivity index (χ0n) is 6.68. The summed E-state index contributed by atoms with van der Waals surface area (Å²) in [6.45, 7) is 0. The first kappa shape index (κ1) is 7.72. The standard InChI is InChI=1S/C8H7FN4/c9-7-2-1-6(10)3-8(7)13-4-11-12-5-13/h1-5H,10H2. The summed E-state index contributed by atoms with van der Waals surface area (Å²) in [5, 5.41) is 7.15. The first-order valence-electron chi connectivity index (χ1n) is 3.67. The van der Waals surface area contributed by atoms with E-state index in [4.69, 9.17) is 5.73 Å². The molecular weight excluding hydrogens is 171 g/mol. The highest BCUT2D eigenvalue weighted by atomic mass is 19.1. The molecule has 2 rings (SSSR count). The Morgan fingerprint density at radius 2 is 1.92 bits per heavy atom. The second kappa shape index (κ2) is 2.85. The Hall–Kier alpha value is -1.91. The molecular formula is C8H7FN4. The highest BCUT2D eigenvalue weighted by Gasteiger charge is 2.03. The van der Waals surface area contributed by atoms with Crippen molar-refractivity contribution in [2.45, 2.75) is 0 Å². The van der Waals surface area contributed by atoms with E-state index in [1.54, 1.807) is 0 Å². The molecule has 0 amide bonds. The Bertz CT molecular complexity index is 410. The number of nitrogens with two attached hydrogens (primary N) is 1. The third-order valence-electron chi connectivity index (χ3n) is 1.67. The molecule has 0 aliphatic carbocycles. The van der Waals surface area contributed by atoms with Gasteiger partial charge in [-0.25, -0.2) is 4.39 Å². The molecule has 4 nitrogen and oxygen atoms in total. The van der Waals surface area contributed by atoms with Crippen LogP contribution in [0.2, 0.25) is 0 Å². The van der Waals surface area contributed by atoms with Crippen LogP contribution in [0.25, 0.3) is 5.69 Å². The second-order valence-corrected chi connectivity index (χ2v) is 2.58. The summed E-state index contributed by atoms with van der Waals surface area (Å²) in [6.07, 6.45) is 2.83. The van der Waals surface area contributed by atoms with Gasteiger partial charge in [0.1, 0.15) is 18.5 Å². The van der Waals surface area contributed by atoms with Gasteiger partial charge in [-0.1, -0.05) is 0 Å². The lowest BCUT2D eigenvalue weighted by Crippen LogP contribution is -1.96. The van der Waals surface area contributed by atoms with Crippen molar-refractivity contribution >= 4 is 5.69 Å². The minimum Gasteiger partial charge on any atom is -0.399 e. The molecule has 2 N–H and O–H groups in total. The van der Waals surface area contributed by atoms with E-state index in [0.29, 0.717) is 11.4 Å². The van der Waals surface area contributed by atoms with Crippen LogP contribution in [0.15, 0.2) is 30.9 Å². The predicted octanol–water partition coefficient (Wildman–Crippen LogP) is 0.989. The van der Waals surface area contributed by atoms with Crippen LogP contribution in [0.4, 0.5) is 10.1 Å². The van der Waals surface area contributed by atoms with E-state index < -0.39 is 0 Å². The Morgan fingerprint density at radius 3 is 2.62 bits per heavy atom. The largest absolute Gasteiger partial charge is 0.399 e. The molecule has 66 valence electrons. The normalized spacial score (nSPS) is 10.2. The highest BCUT2D eigenvalue weighted by molar-refractivity contribution is 5.48. The summed E-state index contributed by atoms with van der Waals surface area (Å²) in [6, 6.07) is 4.34. The number of hydrogen-bond donors (Lipinski definition) is 1. The molecule has 0 spiro atoms. The second-order valence-electron chi connectivity index (χ2n) is 2.58. The highest BCUT2D eigenvalue weighted by Crippen LogP contribution is 2.15. The molecule has 5 heteroatoms. The van der Waals surface area contributed by atoms with Crippen LogP contribution < -0.4 is 5.73 Å². The van der Waals surface area contributed by atoms with E-state index in [-0.39, 0.29) is 5.82 Å². The number of rotatable bonds is 1. The number of aromatic nitrogens is 3. The maximum absolute atomic E-state index is 13.2. The van der Waals surface area contributed by atoms with Crippen LogP contribution in [0.1, 0.15) is 0 Å². The molecule has 13 heavy (non-hydrogen) atoms. The number of hydrogen-bond acceptors (Lipinski definition) is 3. The Labute approximate surface area is 73.8 Å². The number of benzene rings is 1. The van der Waals surface area contributed by atoms with Crippen LogP contribution >= 0.6 is 0 Å². The molecule has 0 bridgehead atoms. The fraction of sp³-hybridized carbons (Fsp3) is 0. The molecule has 1 aromatic carbocycles. The Balaban J connectivity index is 2.57. The summed E-state index contributed by atoms with van der Waals surface area (Å²) < 4.78 is 14.7. The topological polar surface area (TPSA) is 56.7 Å². The van der Waals surface area contributed by atoms with Crippen LogP contribution in [0, 0.1) is 5.82 Å². The van der Waals surface area contributed by atoms with Gasteiger partial charge in [-0.2, -0.15) is 0 Å². The molecule has 0 aliphatic heterocycles. The minimum absolute atomic E-state index is 0.352. The van der Waals surface area contributed by atoms with E-state index in [9.17, 15) is 4.39 Å². The van der Waals surface area contributed by atoms with Gasteiger partial charge in [0, 0.05) is 5.69 Å². The summed E-state index contributed by atoms with van der Waals surface area (Å²) in [5.74, 6) is -0.353. The van der Waals surface area contributed by atoms with Gasteiger partial charge in [0.25, 0.3) is 0 Å². The van der Waals surface area contributed by atoms with Crippen LogP contribution in [-0.4, -0.2) is 14.8 Å². The van der Waals surface area contributed by atoms with Gasteiger partial charge in [-0.3, -0.25) is 4.57 Å². The van der Waals surface area contributed by atoms with E-state index in [1.165, 1.54) is 35.4 Å². The smallest absolute Gasteiger partial charge is 0.147 e. The molecule has 2 aromatic rings. The average molecular weight is 178 g/mol. The van der Waals surface area contributed by atoms with Crippen molar-refractivity contribution in [3.63, 3.8) is 0 Å². The lowest BCUT2D eigenvalue weighted by molar-refractivity contribution is 0.618. The number of anilines is 1. The summed E-state index contributed by atoms with van der Waals surface area (Å²) in [4.78, 5) is 0.